The molecular formula is C27H34Cl2F3N5S. The number of halogens is 5. The fraction of sp³-hybridized carbons (Fsp3) is 0.370. The van der Waals surface area contributed by atoms with Crippen LogP contribution < -0.4 is 10.2 Å². The van der Waals surface area contributed by atoms with Crippen molar-refractivity contribution in [3.05, 3.63) is 75.7 Å². The van der Waals surface area contributed by atoms with Crippen molar-refractivity contribution in [1.82, 2.24) is 9.80 Å². The molecule has 1 aliphatic rings. The van der Waals surface area contributed by atoms with E-state index in [1.165, 1.54) is 17.7 Å². The van der Waals surface area contributed by atoms with Crippen LogP contribution in [0.5, 0.6) is 0 Å². The normalized spacial score (nSPS) is 16.4. The van der Waals surface area contributed by atoms with Crippen LogP contribution in [-0.4, -0.2) is 55.9 Å². The molecule has 0 radical (unpaired) electrons. The zero-order valence-corrected chi connectivity index (χ0v) is 24.6. The van der Waals surface area contributed by atoms with Gasteiger partial charge in [0.1, 0.15) is 11.7 Å². The lowest BCUT2D eigenvalue weighted by Crippen LogP contribution is -2.46. The third-order valence-corrected chi connectivity index (χ3v) is 7.76. The molecule has 0 aliphatic carbocycles. The summed E-state index contributed by atoms with van der Waals surface area (Å²) >= 11 is 6.56. The van der Waals surface area contributed by atoms with Crippen LogP contribution in [0.2, 0.25) is 10.0 Å². The smallest absolute Gasteiger partial charge is 0.239 e. The van der Waals surface area contributed by atoms with Crippen LogP contribution in [0.3, 0.4) is 0 Å². The van der Waals surface area contributed by atoms with Crippen molar-refractivity contribution in [2.75, 3.05) is 50.5 Å². The first-order chi connectivity index (χ1) is 17.9. The Morgan fingerprint density at radius 1 is 1.03 bits per heavy atom. The van der Waals surface area contributed by atoms with Gasteiger partial charge in [0.2, 0.25) is 11.2 Å². The number of nitrogens with zero attached hydrogens (tertiary/aromatic N) is 4. The van der Waals surface area contributed by atoms with Crippen molar-refractivity contribution in [3.63, 3.8) is 0 Å². The number of anilines is 2. The van der Waals surface area contributed by atoms with E-state index in [1.54, 1.807) is 0 Å². The molecule has 1 heterocycles. The lowest BCUT2D eigenvalue weighted by atomic mass is 10.2. The number of allylic oxidation sites excluding steroid dienone is 2. The number of nitrogens with one attached hydrogen (secondary N) is 1. The van der Waals surface area contributed by atoms with Gasteiger partial charge in [-0.3, -0.25) is 0 Å². The highest BCUT2D eigenvalue weighted by molar-refractivity contribution is 8.21. The van der Waals surface area contributed by atoms with E-state index < -0.39 is 16.1 Å². The topological polar surface area (TPSA) is 34.1 Å². The number of likely N-dealkylation sites (N-methyl/N-ethyl adjacent to an activating group) is 1. The molecule has 1 fully saturated rings. The van der Waals surface area contributed by atoms with Crippen molar-refractivity contribution in [2.45, 2.75) is 32.1 Å². The second-order valence-corrected chi connectivity index (χ2v) is 11.4. The zero-order chi connectivity index (χ0) is 28.0. The Morgan fingerprint density at radius 3 is 2.18 bits per heavy atom. The average Bonchev–Trinajstić information content (AvgIpc) is 2.86. The molecule has 1 N–H and O–H groups in total. The van der Waals surface area contributed by atoms with E-state index in [-0.39, 0.29) is 5.02 Å². The van der Waals surface area contributed by atoms with Crippen molar-refractivity contribution < 1.29 is 11.7 Å². The van der Waals surface area contributed by atoms with Gasteiger partial charge in [-0.25, -0.2) is 4.99 Å². The Morgan fingerprint density at radius 2 is 1.66 bits per heavy atom. The van der Waals surface area contributed by atoms with Gasteiger partial charge in [0.25, 0.3) is 0 Å². The van der Waals surface area contributed by atoms with E-state index in [0.29, 0.717) is 5.69 Å². The monoisotopic (exact) mass is 587 g/mol. The summed E-state index contributed by atoms with van der Waals surface area (Å²) in [4.78, 5) is 10.8. The standard InChI is InChI=1S/C27H34Cl2F3N5S/c1-6-19(2)27(37-15-13-36(14-16-37)23-10-7-21(28)8-11-23)34-26(35(4)5)17-20(3)33-22-9-12-25(24(29)18-22)38(30,31)32/h7-12,17-18,33H,6,13-16H2,1-5H3/b20-17+,27-19-,34-26+. The van der Waals surface area contributed by atoms with Crippen LogP contribution in [0.15, 0.2) is 75.5 Å². The molecule has 11 heteroatoms. The maximum Gasteiger partial charge on any atom is 0.239 e. The Balaban J connectivity index is 1.80. The molecule has 2 aromatic carbocycles. The van der Waals surface area contributed by atoms with Crippen molar-refractivity contribution in [1.29, 1.82) is 0 Å². The van der Waals surface area contributed by atoms with Gasteiger partial charge < -0.3 is 20.0 Å². The molecule has 38 heavy (non-hydrogen) atoms. The van der Waals surface area contributed by atoms with Gasteiger partial charge in [-0.2, -0.15) is 0 Å². The fourth-order valence-electron chi connectivity index (χ4n) is 4.02. The molecule has 0 atom stereocenters. The molecular weight excluding hydrogens is 554 g/mol. The first kappa shape index (κ1) is 30.1. The highest BCUT2D eigenvalue weighted by Crippen LogP contribution is 2.62. The number of hydrogen-bond acceptors (Lipinski definition) is 4. The lowest BCUT2D eigenvalue weighted by molar-refractivity contribution is 0.314. The number of amidine groups is 1. The quantitative estimate of drug-likeness (QED) is 0.248. The molecule has 1 aliphatic heterocycles. The molecule has 0 bridgehead atoms. The first-order valence-electron chi connectivity index (χ1n) is 12.3. The summed E-state index contributed by atoms with van der Waals surface area (Å²) in [6, 6.07) is 11.6. The summed E-state index contributed by atoms with van der Waals surface area (Å²) in [5.74, 6) is 1.66. The maximum absolute atomic E-state index is 13.1. The molecule has 0 unspecified atom stereocenters. The first-order valence-corrected chi connectivity index (χ1v) is 14.4. The minimum Gasteiger partial charge on any atom is -0.368 e. The fourth-order valence-corrected chi connectivity index (χ4v) is 5.09. The van der Waals surface area contributed by atoms with Gasteiger partial charge >= 0.3 is 0 Å². The van der Waals surface area contributed by atoms with E-state index in [4.69, 9.17) is 28.2 Å². The van der Waals surface area contributed by atoms with Crippen LogP contribution in [-0.2, 0) is 0 Å². The Hall–Kier alpha value is -2.49. The number of hydrogen-bond donors (Lipinski definition) is 1. The second kappa shape index (κ2) is 13.0. The third-order valence-electron chi connectivity index (χ3n) is 6.23. The van der Waals surface area contributed by atoms with Gasteiger partial charge in [0.05, 0.1) is 9.92 Å². The zero-order valence-electron chi connectivity index (χ0n) is 22.2. The molecule has 2 aromatic rings. The van der Waals surface area contributed by atoms with E-state index in [0.717, 1.165) is 66.7 Å². The SMILES string of the molecule is CC/C(C)=C(/N=C(\C=C(/C)Nc1ccc(S(F)(F)F)c(Cl)c1)N(C)C)N1CCN(c2ccc(Cl)cc2)CC1. The van der Waals surface area contributed by atoms with E-state index in [9.17, 15) is 11.7 Å². The Bertz CT molecular complexity index is 1200. The minimum absolute atomic E-state index is 0.312. The molecule has 0 aromatic heterocycles. The van der Waals surface area contributed by atoms with E-state index >= 15 is 0 Å². The summed E-state index contributed by atoms with van der Waals surface area (Å²) in [5.41, 5.74) is 3.54. The van der Waals surface area contributed by atoms with Crippen molar-refractivity contribution >= 4 is 51.6 Å². The number of rotatable bonds is 8. The van der Waals surface area contributed by atoms with Crippen molar-refractivity contribution in [2.24, 2.45) is 4.99 Å². The van der Waals surface area contributed by atoms with Crippen LogP contribution in [0, 0.1) is 0 Å². The van der Waals surface area contributed by atoms with Gasteiger partial charge in [-0.1, -0.05) is 30.1 Å². The molecule has 0 saturated carbocycles. The second-order valence-electron chi connectivity index (χ2n) is 9.28. The predicted molar refractivity (Wildman–Crippen MR) is 157 cm³/mol. The average molecular weight is 589 g/mol. The molecule has 0 amide bonds. The maximum atomic E-state index is 13.1. The molecule has 3 rings (SSSR count). The number of piperazine rings is 1. The van der Waals surface area contributed by atoms with Gasteiger partial charge in [0.15, 0.2) is 0 Å². The van der Waals surface area contributed by atoms with Crippen LogP contribution in [0.4, 0.5) is 23.0 Å². The summed E-state index contributed by atoms with van der Waals surface area (Å²) in [6.45, 7) is 9.43. The molecule has 5 nitrogen and oxygen atoms in total. The summed E-state index contributed by atoms with van der Waals surface area (Å²) in [5, 5.41) is 3.55. The molecule has 0 spiro atoms. The summed E-state index contributed by atoms with van der Waals surface area (Å²) in [7, 11) is 3.83. The summed E-state index contributed by atoms with van der Waals surface area (Å²) in [6.07, 6.45) is 2.74. The largest absolute Gasteiger partial charge is 0.368 e. The third kappa shape index (κ3) is 8.01. The summed E-state index contributed by atoms with van der Waals surface area (Å²) < 4.78 is 39.4. The van der Waals surface area contributed by atoms with E-state index in [1.807, 2.05) is 56.3 Å². The van der Waals surface area contributed by atoms with Gasteiger partial charge in [0, 0.05) is 62.4 Å². The molecule has 208 valence electrons. The predicted octanol–water partition coefficient (Wildman–Crippen LogP) is 8.55. The lowest BCUT2D eigenvalue weighted by Gasteiger charge is -2.38. The number of aliphatic imine (C=N–C) groups is 1. The highest BCUT2D eigenvalue weighted by atomic mass is 35.5. The van der Waals surface area contributed by atoms with E-state index in [2.05, 4.69) is 29.0 Å². The van der Waals surface area contributed by atoms with Crippen LogP contribution in [0.25, 0.3) is 0 Å². The van der Waals surface area contributed by atoms with Gasteiger partial charge in [-0.15, -0.1) is 11.7 Å². The Kier molecular flexibility index (Phi) is 10.3. The minimum atomic E-state index is -5.38. The Labute approximate surface area is 235 Å². The number of benzene rings is 2. The van der Waals surface area contributed by atoms with Crippen molar-refractivity contribution in [3.8, 4) is 0 Å². The van der Waals surface area contributed by atoms with Crippen LogP contribution >= 0.6 is 34.4 Å². The molecule has 1 saturated heterocycles. The van der Waals surface area contributed by atoms with Crippen LogP contribution in [0.1, 0.15) is 27.2 Å². The van der Waals surface area contributed by atoms with Gasteiger partial charge in [-0.05, 0) is 74.4 Å². The highest BCUT2D eigenvalue weighted by Gasteiger charge is 2.27.